The van der Waals surface area contributed by atoms with Gasteiger partial charge in [0.05, 0.1) is 16.8 Å². The smallest absolute Gasteiger partial charge is 0.0962 e. The van der Waals surface area contributed by atoms with E-state index in [1.54, 1.807) is 18.5 Å². The van der Waals surface area contributed by atoms with Gasteiger partial charge in [-0.25, -0.2) is 0 Å². The second-order valence-corrected chi connectivity index (χ2v) is 5.27. The summed E-state index contributed by atoms with van der Waals surface area (Å²) in [6.07, 6.45) is 2.64. The van der Waals surface area contributed by atoms with Gasteiger partial charge in [-0.1, -0.05) is 48.0 Å². The van der Waals surface area contributed by atoms with Crippen molar-refractivity contribution in [1.82, 2.24) is 4.98 Å². The van der Waals surface area contributed by atoms with Gasteiger partial charge < -0.3 is 10.4 Å². The van der Waals surface area contributed by atoms with Gasteiger partial charge in [0, 0.05) is 18.9 Å². The molecule has 0 aliphatic rings. The predicted molar refractivity (Wildman–Crippen MR) is 86.6 cm³/mol. The molecule has 4 heteroatoms. The van der Waals surface area contributed by atoms with Crippen LogP contribution in [0.3, 0.4) is 0 Å². The first-order valence-electron chi connectivity index (χ1n) is 6.74. The summed E-state index contributed by atoms with van der Waals surface area (Å²) in [7, 11) is 0. The monoisotopic (exact) mass is 298 g/mol. The van der Waals surface area contributed by atoms with E-state index in [2.05, 4.69) is 16.4 Å². The van der Waals surface area contributed by atoms with Crippen LogP contribution in [-0.2, 0) is 0 Å². The molecule has 0 bridgehead atoms. The molecule has 1 atom stereocenters. The van der Waals surface area contributed by atoms with Gasteiger partial charge in [-0.2, -0.15) is 0 Å². The van der Waals surface area contributed by atoms with Gasteiger partial charge in [-0.05, 0) is 28.5 Å². The molecule has 1 aromatic heterocycles. The summed E-state index contributed by atoms with van der Waals surface area (Å²) in [5, 5.41) is 16.3. The molecule has 3 rings (SSSR count). The molecule has 1 unspecified atom stereocenters. The van der Waals surface area contributed by atoms with Crippen LogP contribution < -0.4 is 5.32 Å². The fraction of sp³-hybridized carbons (Fsp3) is 0.118. The largest absolute Gasteiger partial charge is 0.387 e. The molecule has 2 N–H and O–H groups in total. The fourth-order valence-corrected chi connectivity index (χ4v) is 2.44. The van der Waals surface area contributed by atoms with Crippen LogP contribution in [0.4, 0.5) is 5.69 Å². The molecule has 0 amide bonds. The van der Waals surface area contributed by atoms with Gasteiger partial charge in [0.15, 0.2) is 0 Å². The van der Waals surface area contributed by atoms with E-state index in [4.69, 9.17) is 11.6 Å². The minimum atomic E-state index is -0.598. The van der Waals surface area contributed by atoms with E-state index < -0.39 is 6.10 Å². The highest BCUT2D eigenvalue weighted by Gasteiger charge is 2.09. The van der Waals surface area contributed by atoms with E-state index in [0.717, 1.165) is 16.6 Å². The second-order valence-electron chi connectivity index (χ2n) is 4.86. The Labute approximate surface area is 128 Å². The lowest BCUT2D eigenvalue weighted by molar-refractivity contribution is 0.192. The summed E-state index contributed by atoms with van der Waals surface area (Å²) in [6, 6.07) is 15.9. The Hall–Kier alpha value is -2.10. The number of anilines is 1. The van der Waals surface area contributed by atoms with Crippen molar-refractivity contribution in [3.63, 3.8) is 0 Å². The number of halogens is 1. The molecule has 0 fully saturated rings. The van der Waals surface area contributed by atoms with E-state index >= 15 is 0 Å². The first kappa shape index (κ1) is 13.9. The molecule has 0 spiro atoms. The first-order valence-corrected chi connectivity index (χ1v) is 7.12. The van der Waals surface area contributed by atoms with Crippen LogP contribution >= 0.6 is 11.6 Å². The van der Waals surface area contributed by atoms with Gasteiger partial charge in [0.2, 0.25) is 0 Å². The molecule has 0 saturated heterocycles. The van der Waals surface area contributed by atoms with E-state index in [1.165, 1.54) is 5.39 Å². The van der Waals surface area contributed by atoms with Gasteiger partial charge >= 0.3 is 0 Å². The Morgan fingerprint density at radius 2 is 1.90 bits per heavy atom. The maximum atomic E-state index is 10.3. The molecule has 0 saturated carbocycles. The predicted octanol–water partition coefficient (Wildman–Crippen LogP) is 4.03. The third-order valence-corrected chi connectivity index (χ3v) is 3.72. The summed E-state index contributed by atoms with van der Waals surface area (Å²) in [5.74, 6) is 0. The summed E-state index contributed by atoms with van der Waals surface area (Å²) < 4.78 is 0. The van der Waals surface area contributed by atoms with Crippen LogP contribution in [0.25, 0.3) is 10.8 Å². The van der Waals surface area contributed by atoms with Crippen LogP contribution in [-0.4, -0.2) is 16.6 Å². The SMILES string of the molecule is OC(CNc1ccncc1Cl)c1ccc2ccccc2c1. The van der Waals surface area contributed by atoms with E-state index in [-0.39, 0.29) is 0 Å². The quantitative estimate of drug-likeness (QED) is 0.764. The number of aliphatic hydroxyl groups excluding tert-OH is 1. The van der Waals surface area contributed by atoms with Crippen LogP contribution in [0.1, 0.15) is 11.7 Å². The summed E-state index contributed by atoms with van der Waals surface area (Å²) in [6.45, 7) is 0.391. The zero-order valence-corrected chi connectivity index (χ0v) is 12.1. The molecule has 0 aliphatic carbocycles. The lowest BCUT2D eigenvalue weighted by Gasteiger charge is -2.14. The lowest BCUT2D eigenvalue weighted by Crippen LogP contribution is -2.12. The van der Waals surface area contributed by atoms with Crippen molar-refractivity contribution in [3.8, 4) is 0 Å². The van der Waals surface area contributed by atoms with Crippen molar-refractivity contribution >= 4 is 28.1 Å². The minimum Gasteiger partial charge on any atom is -0.387 e. The summed E-state index contributed by atoms with van der Waals surface area (Å²) in [4.78, 5) is 3.93. The highest BCUT2D eigenvalue weighted by Crippen LogP contribution is 2.23. The number of hydrogen-bond donors (Lipinski definition) is 2. The number of rotatable bonds is 4. The highest BCUT2D eigenvalue weighted by atomic mass is 35.5. The zero-order valence-electron chi connectivity index (χ0n) is 11.3. The number of aromatic nitrogens is 1. The van der Waals surface area contributed by atoms with Crippen molar-refractivity contribution in [2.75, 3.05) is 11.9 Å². The molecule has 1 heterocycles. The average Bonchev–Trinajstić information content (AvgIpc) is 2.53. The van der Waals surface area contributed by atoms with Crippen LogP contribution in [0.5, 0.6) is 0 Å². The van der Waals surface area contributed by atoms with Crippen LogP contribution in [0, 0.1) is 0 Å². The summed E-state index contributed by atoms with van der Waals surface area (Å²) in [5.41, 5.74) is 1.65. The number of nitrogens with one attached hydrogen (secondary N) is 1. The van der Waals surface area contributed by atoms with Gasteiger partial charge in [0.1, 0.15) is 0 Å². The molecule has 0 aliphatic heterocycles. The van der Waals surface area contributed by atoms with Gasteiger partial charge in [-0.3, -0.25) is 4.98 Å². The lowest BCUT2D eigenvalue weighted by atomic mass is 10.0. The Bertz CT molecular complexity index is 760. The second kappa shape index (κ2) is 6.12. The van der Waals surface area contributed by atoms with Crippen LogP contribution in [0.2, 0.25) is 5.02 Å². The average molecular weight is 299 g/mol. The topological polar surface area (TPSA) is 45.1 Å². The van der Waals surface area contributed by atoms with Crippen molar-refractivity contribution in [3.05, 3.63) is 71.5 Å². The van der Waals surface area contributed by atoms with Gasteiger partial charge in [0.25, 0.3) is 0 Å². The number of aliphatic hydroxyl groups is 1. The Morgan fingerprint density at radius 3 is 2.71 bits per heavy atom. The molecule has 21 heavy (non-hydrogen) atoms. The Kier molecular flexibility index (Phi) is 4.04. The van der Waals surface area contributed by atoms with Crippen molar-refractivity contribution in [2.45, 2.75) is 6.10 Å². The Balaban J connectivity index is 1.75. The van der Waals surface area contributed by atoms with Crippen molar-refractivity contribution < 1.29 is 5.11 Å². The number of fused-ring (bicyclic) bond motifs is 1. The molecule has 3 nitrogen and oxygen atoms in total. The maximum Gasteiger partial charge on any atom is 0.0962 e. The van der Waals surface area contributed by atoms with Crippen molar-refractivity contribution in [1.29, 1.82) is 0 Å². The third kappa shape index (κ3) is 3.15. The first-order chi connectivity index (χ1) is 10.2. The fourth-order valence-electron chi connectivity index (χ4n) is 2.26. The molecule has 0 radical (unpaired) electrons. The number of hydrogen-bond acceptors (Lipinski definition) is 3. The van der Waals surface area contributed by atoms with E-state index in [9.17, 15) is 5.11 Å². The number of benzene rings is 2. The highest BCUT2D eigenvalue weighted by molar-refractivity contribution is 6.33. The van der Waals surface area contributed by atoms with Crippen molar-refractivity contribution in [2.24, 2.45) is 0 Å². The third-order valence-electron chi connectivity index (χ3n) is 3.42. The standard InChI is InChI=1S/C17H15ClN2O/c18-15-10-19-8-7-16(15)20-11-17(21)14-6-5-12-3-1-2-4-13(12)9-14/h1-10,17,21H,11H2,(H,19,20). The number of pyridine rings is 1. The molecule has 106 valence electrons. The van der Waals surface area contributed by atoms with Crippen LogP contribution in [0.15, 0.2) is 60.9 Å². The van der Waals surface area contributed by atoms with E-state index in [1.807, 2.05) is 36.4 Å². The normalized spacial score (nSPS) is 12.3. The maximum absolute atomic E-state index is 10.3. The molecular weight excluding hydrogens is 284 g/mol. The molecule has 3 aromatic rings. The molecule has 2 aromatic carbocycles. The minimum absolute atomic E-state index is 0.391. The zero-order chi connectivity index (χ0) is 14.7. The van der Waals surface area contributed by atoms with Gasteiger partial charge in [-0.15, -0.1) is 0 Å². The molecular formula is C17H15ClN2O. The van der Waals surface area contributed by atoms with E-state index in [0.29, 0.717) is 11.6 Å². The summed E-state index contributed by atoms with van der Waals surface area (Å²) >= 11 is 6.03. The number of nitrogens with zero attached hydrogens (tertiary/aromatic N) is 1. The Morgan fingerprint density at radius 1 is 1.10 bits per heavy atom.